The Morgan fingerprint density at radius 1 is 1.11 bits per heavy atom. The molecule has 1 unspecified atom stereocenters. The average molecular weight is 492 g/mol. The molecule has 3 N–H and O–H groups in total. The molecule has 1 aromatic carbocycles. The number of nitrogens with one attached hydrogen (secondary N) is 2. The largest absolute Gasteiger partial charge is 0.420 e. The summed E-state index contributed by atoms with van der Waals surface area (Å²) in [5, 5.41) is 17.6. The average Bonchev–Trinajstić information content (AvgIpc) is 3.20. The lowest BCUT2D eigenvalue weighted by molar-refractivity contribution is -0.137. The Balaban J connectivity index is 1.37. The van der Waals surface area contributed by atoms with E-state index in [9.17, 15) is 18.3 Å². The van der Waals surface area contributed by atoms with Crippen LogP contribution in [-0.4, -0.2) is 61.9 Å². The Hall–Kier alpha value is -2.40. The van der Waals surface area contributed by atoms with E-state index in [1.165, 1.54) is 11.8 Å². The molecule has 5 rings (SSSR count). The van der Waals surface area contributed by atoms with Crippen molar-refractivity contribution in [1.82, 2.24) is 15.6 Å². The summed E-state index contributed by atoms with van der Waals surface area (Å²) in [5.74, 6) is -0.0831. The molecule has 2 aliphatic heterocycles. The van der Waals surface area contributed by atoms with Gasteiger partial charge < -0.3 is 25.0 Å². The molecule has 1 atom stereocenters. The molecule has 1 spiro atoms. The lowest BCUT2D eigenvalue weighted by Crippen LogP contribution is -2.54. The van der Waals surface area contributed by atoms with E-state index < -0.39 is 18.1 Å². The second-order valence-electron chi connectivity index (χ2n) is 9.79. The number of morpholine rings is 1. The van der Waals surface area contributed by atoms with E-state index >= 15 is 0 Å². The van der Waals surface area contributed by atoms with Gasteiger partial charge >= 0.3 is 6.18 Å². The van der Waals surface area contributed by atoms with E-state index in [1.807, 2.05) is 25.2 Å². The molecule has 3 aliphatic rings. The summed E-state index contributed by atoms with van der Waals surface area (Å²) in [6.07, 6.45) is -0.935. The van der Waals surface area contributed by atoms with Gasteiger partial charge in [-0.2, -0.15) is 13.2 Å². The first-order valence-electron chi connectivity index (χ1n) is 12.1. The van der Waals surface area contributed by atoms with Crippen LogP contribution in [0.2, 0.25) is 0 Å². The highest BCUT2D eigenvalue weighted by molar-refractivity contribution is 5.58. The fourth-order valence-electron chi connectivity index (χ4n) is 5.78. The van der Waals surface area contributed by atoms with E-state index in [0.717, 1.165) is 31.7 Å². The molecule has 0 radical (unpaired) electrons. The number of halogens is 3. The zero-order valence-electron chi connectivity index (χ0n) is 19.8. The van der Waals surface area contributed by atoms with Crippen LogP contribution in [0.3, 0.4) is 0 Å². The van der Waals surface area contributed by atoms with E-state index in [1.54, 1.807) is 9.80 Å². The Kier molecular flexibility index (Phi) is 6.41. The van der Waals surface area contributed by atoms with Gasteiger partial charge in [-0.1, -0.05) is 30.3 Å². The molecule has 3 fully saturated rings. The number of benzene rings is 1. The zero-order chi connectivity index (χ0) is 24.7. The summed E-state index contributed by atoms with van der Waals surface area (Å²) in [4.78, 5) is 7.42. The standard InChI is InChI=1S/C25H32F3N5O2/c1-29-24(18-5-3-2-4-6-18)9-7-23(8-10-24)17-33(22(34)31-23)19-15-20(25(26,27)28)21(30-16-19)32-11-13-35-14-12-32/h2-6,15-16,22,29,31,34H,7-14,17H2,1H3/t22?,23-,24+. The number of rotatable bonds is 4. The fraction of sp³-hybridized carbons (Fsp3) is 0.560. The number of hydrogen-bond acceptors (Lipinski definition) is 7. The van der Waals surface area contributed by atoms with Crippen molar-refractivity contribution in [1.29, 1.82) is 0 Å². The topological polar surface area (TPSA) is 72.9 Å². The van der Waals surface area contributed by atoms with Crippen LogP contribution in [0.5, 0.6) is 0 Å². The predicted molar refractivity (Wildman–Crippen MR) is 127 cm³/mol. The summed E-state index contributed by atoms with van der Waals surface area (Å²) in [6, 6.07) is 11.4. The van der Waals surface area contributed by atoms with Gasteiger partial charge in [-0.3, -0.25) is 5.32 Å². The summed E-state index contributed by atoms with van der Waals surface area (Å²) < 4.78 is 47.3. The normalized spacial score (nSPS) is 29.7. The van der Waals surface area contributed by atoms with E-state index in [2.05, 4.69) is 27.8 Å². The molecule has 7 nitrogen and oxygen atoms in total. The number of pyridine rings is 1. The quantitative estimate of drug-likeness (QED) is 0.607. The van der Waals surface area contributed by atoms with E-state index in [-0.39, 0.29) is 22.6 Å². The van der Waals surface area contributed by atoms with Gasteiger partial charge in [-0.15, -0.1) is 0 Å². The molecule has 35 heavy (non-hydrogen) atoms. The molecule has 0 amide bonds. The summed E-state index contributed by atoms with van der Waals surface area (Å²) in [7, 11) is 1.97. The third-order valence-electron chi connectivity index (χ3n) is 7.87. The van der Waals surface area contributed by atoms with E-state index in [0.29, 0.717) is 32.8 Å². The number of ether oxygens (including phenoxy) is 1. The van der Waals surface area contributed by atoms with Gasteiger partial charge in [0.2, 0.25) is 0 Å². The molecule has 0 bridgehead atoms. The number of aromatic nitrogens is 1. The number of aliphatic hydroxyl groups is 1. The highest BCUT2D eigenvalue weighted by atomic mass is 19.4. The third kappa shape index (κ3) is 4.60. The maximum Gasteiger partial charge on any atom is 0.420 e. The molecule has 1 aromatic heterocycles. The number of nitrogens with zero attached hydrogens (tertiary/aromatic N) is 3. The first-order chi connectivity index (χ1) is 16.8. The van der Waals surface area contributed by atoms with E-state index in [4.69, 9.17) is 4.74 Å². The van der Waals surface area contributed by atoms with Crippen LogP contribution in [0.15, 0.2) is 42.6 Å². The Bertz CT molecular complexity index is 1020. The monoisotopic (exact) mass is 491 g/mol. The number of aliphatic hydroxyl groups excluding tert-OH is 1. The molecule has 3 heterocycles. The molecule has 1 aliphatic carbocycles. The van der Waals surface area contributed by atoms with Gasteiger partial charge in [0.25, 0.3) is 0 Å². The van der Waals surface area contributed by atoms with Crippen molar-refractivity contribution in [2.45, 2.75) is 49.3 Å². The summed E-state index contributed by atoms with van der Waals surface area (Å²) in [5.41, 5.74) is 0.171. The fourth-order valence-corrected chi connectivity index (χ4v) is 5.78. The van der Waals surface area contributed by atoms with Crippen LogP contribution in [0.25, 0.3) is 0 Å². The smallest absolute Gasteiger partial charge is 0.378 e. The van der Waals surface area contributed by atoms with Crippen molar-refractivity contribution < 1.29 is 23.0 Å². The maximum atomic E-state index is 14.0. The lowest BCUT2D eigenvalue weighted by Gasteiger charge is -2.45. The van der Waals surface area contributed by atoms with Crippen LogP contribution >= 0.6 is 0 Å². The summed E-state index contributed by atoms with van der Waals surface area (Å²) >= 11 is 0. The Morgan fingerprint density at radius 3 is 2.43 bits per heavy atom. The number of anilines is 2. The second-order valence-corrected chi connectivity index (χ2v) is 9.79. The van der Waals surface area contributed by atoms with Crippen LogP contribution in [0.4, 0.5) is 24.7 Å². The molecule has 2 saturated heterocycles. The first-order valence-corrected chi connectivity index (χ1v) is 12.1. The minimum Gasteiger partial charge on any atom is -0.378 e. The van der Waals surface area contributed by atoms with Gasteiger partial charge in [0, 0.05) is 30.7 Å². The van der Waals surface area contributed by atoms with Gasteiger partial charge in [0.1, 0.15) is 11.4 Å². The predicted octanol–water partition coefficient (Wildman–Crippen LogP) is 3.05. The first kappa shape index (κ1) is 24.3. The van der Waals surface area contributed by atoms with Gasteiger partial charge in [-0.25, -0.2) is 4.98 Å². The van der Waals surface area contributed by atoms with Crippen molar-refractivity contribution in [2.75, 3.05) is 49.7 Å². The van der Waals surface area contributed by atoms with Crippen molar-refractivity contribution in [3.8, 4) is 0 Å². The van der Waals surface area contributed by atoms with Crippen LogP contribution in [0.1, 0.15) is 36.8 Å². The molecular formula is C25H32F3N5O2. The van der Waals surface area contributed by atoms with Gasteiger partial charge in [0.15, 0.2) is 6.35 Å². The second kappa shape index (κ2) is 9.24. The summed E-state index contributed by atoms with van der Waals surface area (Å²) in [6.45, 7) is 1.88. The van der Waals surface area contributed by atoms with Crippen molar-refractivity contribution >= 4 is 11.5 Å². The van der Waals surface area contributed by atoms with Crippen LogP contribution < -0.4 is 20.4 Å². The molecule has 2 aromatic rings. The highest BCUT2D eigenvalue weighted by Crippen LogP contribution is 2.45. The minimum absolute atomic E-state index is 0.0831. The Labute approximate surface area is 203 Å². The van der Waals surface area contributed by atoms with Gasteiger partial charge in [-0.05, 0) is 44.4 Å². The van der Waals surface area contributed by atoms with Crippen molar-refractivity contribution in [3.63, 3.8) is 0 Å². The number of alkyl halides is 3. The molecule has 190 valence electrons. The lowest BCUT2D eigenvalue weighted by atomic mass is 9.69. The highest BCUT2D eigenvalue weighted by Gasteiger charge is 2.49. The molecule has 10 heteroatoms. The molecule has 1 saturated carbocycles. The van der Waals surface area contributed by atoms with Crippen LogP contribution in [-0.2, 0) is 16.5 Å². The maximum absolute atomic E-state index is 14.0. The molecular weight excluding hydrogens is 459 g/mol. The zero-order valence-corrected chi connectivity index (χ0v) is 19.8. The minimum atomic E-state index is -4.56. The Morgan fingerprint density at radius 2 is 1.80 bits per heavy atom. The van der Waals surface area contributed by atoms with Gasteiger partial charge in [0.05, 0.1) is 25.1 Å². The third-order valence-corrected chi connectivity index (χ3v) is 7.87. The number of hydrogen-bond donors (Lipinski definition) is 3. The van der Waals surface area contributed by atoms with Crippen LogP contribution in [0, 0.1) is 0 Å². The SMILES string of the molecule is CN[C@]1(c2ccccc2)CC[C@]2(CC1)CN(c1cnc(N3CCOCC3)c(C(F)(F)F)c1)C(O)N2. The van der Waals surface area contributed by atoms with Crippen molar-refractivity contribution in [3.05, 3.63) is 53.7 Å². The van der Waals surface area contributed by atoms with Crippen molar-refractivity contribution in [2.24, 2.45) is 0 Å².